The molecule has 4 atom stereocenters. The van der Waals surface area contributed by atoms with Crippen molar-refractivity contribution in [2.45, 2.75) is 49.9 Å². The number of aromatic amines is 2. The number of nitrogens with zero attached hydrogens (tertiary/aromatic N) is 4. The summed E-state index contributed by atoms with van der Waals surface area (Å²) in [5.41, 5.74) is 6.34. The van der Waals surface area contributed by atoms with Crippen LogP contribution >= 0.6 is 0 Å². The molecule has 0 spiro atoms. The highest BCUT2D eigenvalue weighted by Gasteiger charge is 2.40. The number of fused-ring (bicyclic) bond motifs is 1. The highest BCUT2D eigenvalue weighted by atomic mass is 16.5. The topological polar surface area (TPSA) is 193 Å². The van der Waals surface area contributed by atoms with Gasteiger partial charge in [0.05, 0.1) is 57.3 Å². The summed E-state index contributed by atoms with van der Waals surface area (Å²) in [6.45, 7) is 2.64. The monoisotopic (exact) mass is 880 g/mol. The average molecular weight is 881 g/mol. The fraction of sp³-hybridized carbons (Fsp3) is 0.347. The van der Waals surface area contributed by atoms with E-state index in [1.165, 1.54) is 14.2 Å². The van der Waals surface area contributed by atoms with E-state index in [4.69, 9.17) is 23.9 Å². The van der Waals surface area contributed by atoms with Gasteiger partial charge < -0.3 is 49.3 Å². The molecule has 9 rings (SSSR count). The first-order valence-corrected chi connectivity index (χ1v) is 22.0. The second-order valence-corrected chi connectivity index (χ2v) is 16.6. The van der Waals surface area contributed by atoms with Gasteiger partial charge in [-0.15, -0.1) is 0 Å². The SMILES string of the molecule is COC(=O)N[C@H](C(=O)N1CCC[C@H]1c1ncc(-c2ccc3cc(-c4ccc(-c5cnc([C@@H]6COCCN6C(=O)[C@H](NC(=O)OC)c6ccccc6)[nH]5)cc4)ccc3c2)[nH]1)C1CCOCC1. The van der Waals surface area contributed by atoms with Crippen LogP contribution in [0.5, 0.6) is 0 Å². The summed E-state index contributed by atoms with van der Waals surface area (Å²) in [6.07, 6.45) is 5.26. The fourth-order valence-electron chi connectivity index (χ4n) is 9.22. The van der Waals surface area contributed by atoms with E-state index in [2.05, 4.69) is 74.1 Å². The number of nitrogens with one attached hydrogen (secondary N) is 4. The zero-order valence-electron chi connectivity index (χ0n) is 36.3. The highest BCUT2D eigenvalue weighted by molar-refractivity contribution is 5.91. The molecule has 0 radical (unpaired) electrons. The number of benzene rings is 4. The number of imidazole rings is 2. The van der Waals surface area contributed by atoms with E-state index in [1.54, 1.807) is 23.2 Å². The number of amides is 4. The number of rotatable bonds is 11. The van der Waals surface area contributed by atoms with Crippen LogP contribution in [0.2, 0.25) is 0 Å². The Bertz CT molecular complexity index is 2640. The van der Waals surface area contributed by atoms with Crippen LogP contribution < -0.4 is 10.6 Å². The number of morpholine rings is 1. The van der Waals surface area contributed by atoms with Crippen molar-refractivity contribution in [3.63, 3.8) is 0 Å². The molecule has 65 heavy (non-hydrogen) atoms. The third-order valence-electron chi connectivity index (χ3n) is 12.7. The molecule has 4 N–H and O–H groups in total. The molecule has 0 unspecified atom stereocenters. The first kappa shape index (κ1) is 43.2. The van der Waals surface area contributed by atoms with Crippen LogP contribution in [0, 0.1) is 5.92 Å². The molecule has 16 nitrogen and oxygen atoms in total. The van der Waals surface area contributed by atoms with E-state index in [1.807, 2.05) is 41.4 Å². The number of aromatic nitrogens is 4. The van der Waals surface area contributed by atoms with Gasteiger partial charge in [0.15, 0.2) is 0 Å². The van der Waals surface area contributed by atoms with E-state index in [0.29, 0.717) is 57.1 Å². The van der Waals surface area contributed by atoms with Crippen LogP contribution in [-0.4, -0.2) is 114 Å². The van der Waals surface area contributed by atoms with E-state index >= 15 is 0 Å². The van der Waals surface area contributed by atoms with Crippen LogP contribution in [0.1, 0.15) is 61.0 Å². The summed E-state index contributed by atoms with van der Waals surface area (Å²) >= 11 is 0. The molecular formula is C49H52N8O8. The lowest BCUT2D eigenvalue weighted by atomic mass is 9.90. The summed E-state index contributed by atoms with van der Waals surface area (Å²) in [5.74, 6) is 0.872. The number of alkyl carbamates (subject to hydrolysis) is 2. The Labute approximate surface area is 376 Å². The summed E-state index contributed by atoms with van der Waals surface area (Å²) < 4.78 is 21.1. The van der Waals surface area contributed by atoms with Crippen molar-refractivity contribution in [2.75, 3.05) is 53.7 Å². The molecule has 4 aromatic carbocycles. The Morgan fingerprint density at radius 1 is 0.646 bits per heavy atom. The Morgan fingerprint density at radius 2 is 1.25 bits per heavy atom. The number of carbonyl (C=O) groups is 4. The lowest BCUT2D eigenvalue weighted by Crippen LogP contribution is -2.53. The minimum absolute atomic E-state index is 0.0342. The van der Waals surface area contributed by atoms with Crippen molar-refractivity contribution in [2.24, 2.45) is 5.92 Å². The molecule has 3 aliphatic rings. The van der Waals surface area contributed by atoms with Crippen molar-refractivity contribution in [1.29, 1.82) is 0 Å². The minimum atomic E-state index is -0.942. The molecule has 3 saturated heterocycles. The van der Waals surface area contributed by atoms with Gasteiger partial charge >= 0.3 is 12.2 Å². The summed E-state index contributed by atoms with van der Waals surface area (Å²) in [4.78, 5) is 72.6. The fourth-order valence-corrected chi connectivity index (χ4v) is 9.22. The number of carbonyl (C=O) groups excluding carboxylic acids is 4. The number of hydrogen-bond acceptors (Lipinski definition) is 10. The minimum Gasteiger partial charge on any atom is -0.453 e. The average Bonchev–Trinajstić information content (AvgIpc) is 4.17. The second kappa shape index (κ2) is 19.4. The largest absolute Gasteiger partial charge is 0.453 e. The van der Waals surface area contributed by atoms with Crippen LogP contribution in [0.4, 0.5) is 9.59 Å². The lowest BCUT2D eigenvalue weighted by Gasteiger charge is -2.36. The van der Waals surface area contributed by atoms with E-state index in [0.717, 1.165) is 63.1 Å². The maximum atomic E-state index is 14.0. The van der Waals surface area contributed by atoms with Gasteiger partial charge in [-0.2, -0.15) is 0 Å². The van der Waals surface area contributed by atoms with Gasteiger partial charge in [-0.1, -0.05) is 78.9 Å². The Morgan fingerprint density at radius 3 is 1.95 bits per heavy atom. The van der Waals surface area contributed by atoms with E-state index in [9.17, 15) is 19.2 Å². The Hall–Kier alpha value is -7.04. The normalized spacial score (nSPS) is 18.8. The van der Waals surface area contributed by atoms with E-state index < -0.39 is 30.3 Å². The molecular weight excluding hydrogens is 829 g/mol. The Kier molecular flexibility index (Phi) is 12.9. The molecule has 0 saturated carbocycles. The molecule has 336 valence electrons. The zero-order valence-corrected chi connectivity index (χ0v) is 36.3. The summed E-state index contributed by atoms with van der Waals surface area (Å²) in [7, 11) is 2.57. The quantitative estimate of drug-likeness (QED) is 0.104. The molecule has 2 aromatic heterocycles. The maximum absolute atomic E-state index is 14.0. The predicted molar refractivity (Wildman–Crippen MR) is 241 cm³/mol. The molecule has 0 aliphatic carbocycles. The molecule has 3 aliphatic heterocycles. The van der Waals surface area contributed by atoms with E-state index in [-0.39, 0.29) is 30.4 Å². The highest BCUT2D eigenvalue weighted by Crippen LogP contribution is 2.36. The smallest absolute Gasteiger partial charge is 0.407 e. The van der Waals surface area contributed by atoms with Crippen LogP contribution in [0.3, 0.4) is 0 Å². The third kappa shape index (κ3) is 9.31. The van der Waals surface area contributed by atoms with Crippen molar-refractivity contribution in [3.8, 4) is 33.6 Å². The Balaban J connectivity index is 0.874. The first-order valence-electron chi connectivity index (χ1n) is 22.0. The molecule has 5 heterocycles. The third-order valence-corrected chi connectivity index (χ3v) is 12.7. The summed E-state index contributed by atoms with van der Waals surface area (Å²) in [6, 6.07) is 27.7. The van der Waals surface area contributed by atoms with Gasteiger partial charge in [-0.3, -0.25) is 9.59 Å². The van der Waals surface area contributed by atoms with Crippen LogP contribution in [0.25, 0.3) is 44.4 Å². The zero-order chi connectivity index (χ0) is 44.9. The second-order valence-electron chi connectivity index (χ2n) is 16.6. The van der Waals surface area contributed by atoms with Gasteiger partial charge in [0.25, 0.3) is 5.91 Å². The van der Waals surface area contributed by atoms with Gasteiger partial charge in [-0.25, -0.2) is 19.6 Å². The molecule has 16 heteroatoms. The van der Waals surface area contributed by atoms with Crippen LogP contribution in [-0.2, 0) is 28.5 Å². The predicted octanol–water partition coefficient (Wildman–Crippen LogP) is 7.10. The van der Waals surface area contributed by atoms with Gasteiger partial charge in [-0.05, 0) is 76.8 Å². The molecule has 4 amide bonds. The van der Waals surface area contributed by atoms with Gasteiger partial charge in [0, 0.05) is 31.9 Å². The molecule has 3 fully saturated rings. The van der Waals surface area contributed by atoms with Gasteiger partial charge in [0.1, 0.15) is 29.8 Å². The molecule has 6 aromatic rings. The van der Waals surface area contributed by atoms with Crippen molar-refractivity contribution in [1.82, 2.24) is 40.4 Å². The number of ether oxygens (including phenoxy) is 4. The van der Waals surface area contributed by atoms with Crippen molar-refractivity contribution >= 4 is 34.8 Å². The number of methoxy groups -OCH3 is 2. The number of hydrogen-bond donors (Lipinski definition) is 4. The van der Waals surface area contributed by atoms with Crippen molar-refractivity contribution < 1.29 is 38.1 Å². The first-order chi connectivity index (χ1) is 31.8. The van der Waals surface area contributed by atoms with Gasteiger partial charge in [0.2, 0.25) is 5.91 Å². The standard InChI is InChI=1S/C49H52N8O8/c1-62-48(60)54-42(32-7-4-3-5-8-32)47(59)57-21-24-65-29-41(57)45-51-27-38(52-45)31-12-10-30(11-13-31)34-14-15-36-26-37(17-16-35(36)25-34)39-28-50-44(53-39)40-9-6-20-56(40)46(58)43(55-49(61)63-2)33-18-22-64-23-19-33/h3-5,7-8,10-17,25-28,33,40-43H,6,9,18-24,29H2,1-2H3,(H,50,53)(H,51,52)(H,54,60)(H,55,61)/t40-,41-,42+,43-/m0/s1. The van der Waals surface area contributed by atoms with Crippen LogP contribution in [0.15, 0.2) is 103 Å². The maximum Gasteiger partial charge on any atom is 0.407 e. The summed E-state index contributed by atoms with van der Waals surface area (Å²) in [5, 5.41) is 7.68. The van der Waals surface area contributed by atoms with Crippen molar-refractivity contribution in [3.05, 3.63) is 121 Å². The lowest BCUT2D eigenvalue weighted by molar-refractivity contribution is -0.143. The number of H-pyrrole nitrogens is 2. The number of likely N-dealkylation sites (tertiary alicyclic amines) is 1. The molecule has 0 bridgehead atoms.